The summed E-state index contributed by atoms with van der Waals surface area (Å²) in [5, 5.41) is 0. The van der Waals surface area contributed by atoms with Crippen molar-refractivity contribution in [3.8, 4) is 0 Å². The Balaban J connectivity index is 2.35. The molecule has 1 fully saturated rings. The van der Waals surface area contributed by atoms with Gasteiger partial charge >= 0.3 is 5.97 Å². The third kappa shape index (κ3) is 0.763. The van der Waals surface area contributed by atoms with Gasteiger partial charge in [-0.3, -0.25) is 9.59 Å². The molecule has 2 aliphatic rings. The van der Waals surface area contributed by atoms with Crippen LogP contribution in [0.5, 0.6) is 0 Å². The van der Waals surface area contributed by atoms with E-state index < -0.39 is 0 Å². The topological polar surface area (TPSA) is 43.4 Å². The number of hydrogen-bond donors (Lipinski definition) is 0. The maximum absolute atomic E-state index is 11.0. The summed E-state index contributed by atoms with van der Waals surface area (Å²) in [6.45, 7) is 1.91. The van der Waals surface area contributed by atoms with E-state index in [0.717, 1.165) is 11.9 Å². The number of ether oxygens (including phenoxy) is 1. The molecule has 0 radical (unpaired) electrons. The fourth-order valence-electron chi connectivity index (χ4n) is 1.99. The van der Waals surface area contributed by atoms with Crippen molar-refractivity contribution in [3.05, 3.63) is 11.6 Å². The molecule has 2 rings (SSSR count). The minimum absolute atomic E-state index is 0.0924. The zero-order valence-corrected chi connectivity index (χ0v) is 6.87. The number of esters is 1. The van der Waals surface area contributed by atoms with E-state index in [4.69, 9.17) is 4.74 Å². The van der Waals surface area contributed by atoms with Crippen molar-refractivity contribution >= 4 is 12.3 Å². The van der Waals surface area contributed by atoms with Crippen LogP contribution in [0, 0.1) is 5.41 Å². The van der Waals surface area contributed by atoms with Crippen LogP contribution in [-0.2, 0) is 14.3 Å². The number of carbonyl (C=O) groups excluding carboxylic acids is 2. The van der Waals surface area contributed by atoms with E-state index in [1.807, 2.05) is 13.0 Å². The van der Waals surface area contributed by atoms with E-state index in [2.05, 4.69) is 0 Å². The summed E-state index contributed by atoms with van der Waals surface area (Å²) >= 11 is 0. The molecule has 0 aromatic rings. The van der Waals surface area contributed by atoms with Crippen LogP contribution in [0.15, 0.2) is 11.6 Å². The van der Waals surface area contributed by atoms with E-state index >= 15 is 0 Å². The lowest BCUT2D eigenvalue weighted by atomic mass is 9.81. The minimum Gasteiger partial charge on any atom is -0.461 e. The fourth-order valence-corrected chi connectivity index (χ4v) is 1.99. The third-order valence-corrected chi connectivity index (χ3v) is 2.83. The molecule has 1 saturated heterocycles. The van der Waals surface area contributed by atoms with E-state index in [-0.39, 0.29) is 17.5 Å². The summed E-state index contributed by atoms with van der Waals surface area (Å²) in [6, 6.07) is 0. The maximum atomic E-state index is 11.0. The van der Waals surface area contributed by atoms with Gasteiger partial charge in [-0.1, -0.05) is 13.0 Å². The Hall–Kier alpha value is -1.12. The Morgan fingerprint density at radius 3 is 3.17 bits per heavy atom. The quantitative estimate of drug-likeness (QED) is 0.428. The molecule has 1 aliphatic carbocycles. The lowest BCUT2D eigenvalue weighted by molar-refractivity contribution is -0.141. The normalized spacial score (nSPS) is 38.9. The van der Waals surface area contributed by atoms with Gasteiger partial charge in [0.05, 0.1) is 6.42 Å². The first-order valence-corrected chi connectivity index (χ1v) is 4.02. The molecule has 0 N–H and O–H groups in total. The van der Waals surface area contributed by atoms with E-state index in [1.165, 1.54) is 0 Å². The number of aldehydes is 1. The number of hydrogen-bond acceptors (Lipinski definition) is 3. The first kappa shape index (κ1) is 7.53. The molecule has 64 valence electrons. The summed E-state index contributed by atoms with van der Waals surface area (Å²) in [7, 11) is 0. The van der Waals surface area contributed by atoms with Gasteiger partial charge in [-0.25, -0.2) is 0 Å². The first-order valence-electron chi connectivity index (χ1n) is 4.02. The molecule has 3 heteroatoms. The highest BCUT2D eigenvalue weighted by Gasteiger charge is 2.50. The van der Waals surface area contributed by atoms with Crippen LogP contribution >= 0.6 is 0 Å². The van der Waals surface area contributed by atoms with Crippen molar-refractivity contribution in [3.63, 3.8) is 0 Å². The van der Waals surface area contributed by atoms with Gasteiger partial charge < -0.3 is 4.74 Å². The Morgan fingerprint density at radius 2 is 2.50 bits per heavy atom. The molecule has 1 aliphatic heterocycles. The number of fused-ring (bicyclic) bond motifs is 1. The molecule has 0 spiro atoms. The summed E-state index contributed by atoms with van der Waals surface area (Å²) < 4.78 is 5.07. The van der Waals surface area contributed by atoms with Crippen molar-refractivity contribution < 1.29 is 14.3 Å². The van der Waals surface area contributed by atoms with E-state index in [1.54, 1.807) is 0 Å². The predicted octanol–water partition coefficient (Wildman–Crippen LogP) is 0.837. The van der Waals surface area contributed by atoms with Gasteiger partial charge in [-0.2, -0.15) is 0 Å². The second kappa shape index (κ2) is 2.19. The molecule has 0 amide bonds. The van der Waals surface area contributed by atoms with Crippen LogP contribution in [0.4, 0.5) is 0 Å². The van der Waals surface area contributed by atoms with Gasteiger partial charge in [0.15, 0.2) is 0 Å². The summed E-state index contributed by atoms with van der Waals surface area (Å²) in [5.74, 6) is -0.185. The van der Waals surface area contributed by atoms with Crippen molar-refractivity contribution in [1.82, 2.24) is 0 Å². The highest BCUT2D eigenvalue weighted by molar-refractivity contribution is 5.83. The molecular weight excluding hydrogens is 156 g/mol. The van der Waals surface area contributed by atoms with Crippen LogP contribution in [0.25, 0.3) is 0 Å². The first-order chi connectivity index (χ1) is 5.66. The number of rotatable bonds is 1. The monoisotopic (exact) mass is 166 g/mol. The molecule has 12 heavy (non-hydrogen) atoms. The Kier molecular flexibility index (Phi) is 1.37. The summed E-state index contributed by atoms with van der Waals surface area (Å²) in [4.78, 5) is 21.6. The summed E-state index contributed by atoms with van der Waals surface area (Å²) in [5.41, 5.74) is 0.386. The van der Waals surface area contributed by atoms with Crippen molar-refractivity contribution in [2.24, 2.45) is 5.41 Å². The molecule has 0 saturated carbocycles. The molecule has 0 bridgehead atoms. The smallest absolute Gasteiger partial charge is 0.307 e. The molecule has 0 aromatic heterocycles. The van der Waals surface area contributed by atoms with Gasteiger partial charge in [-0.15, -0.1) is 0 Å². The zero-order valence-electron chi connectivity index (χ0n) is 6.87. The average molecular weight is 166 g/mol. The molecule has 1 heterocycles. The lowest BCUT2D eigenvalue weighted by Gasteiger charge is -2.21. The largest absolute Gasteiger partial charge is 0.461 e. The lowest BCUT2D eigenvalue weighted by Crippen LogP contribution is -2.24. The van der Waals surface area contributed by atoms with Crippen LogP contribution in [0.2, 0.25) is 0 Å². The van der Waals surface area contributed by atoms with Gasteiger partial charge in [0, 0.05) is 11.8 Å². The van der Waals surface area contributed by atoms with Crippen LogP contribution in [0.3, 0.4) is 0 Å². The zero-order chi connectivity index (χ0) is 8.77. The van der Waals surface area contributed by atoms with E-state index in [9.17, 15) is 9.59 Å². The average Bonchev–Trinajstić information content (AvgIpc) is 2.41. The van der Waals surface area contributed by atoms with Crippen molar-refractivity contribution in [1.29, 1.82) is 0 Å². The van der Waals surface area contributed by atoms with Gasteiger partial charge in [0.25, 0.3) is 0 Å². The Labute approximate surface area is 70.4 Å². The highest BCUT2D eigenvalue weighted by atomic mass is 16.6. The second-order valence-electron chi connectivity index (χ2n) is 3.59. The molecule has 0 aromatic carbocycles. The van der Waals surface area contributed by atoms with Crippen LogP contribution < -0.4 is 0 Å². The molecular formula is C9H10O3. The molecule has 2 atom stereocenters. The van der Waals surface area contributed by atoms with Crippen LogP contribution in [0.1, 0.15) is 19.8 Å². The van der Waals surface area contributed by atoms with E-state index in [0.29, 0.717) is 12.8 Å². The van der Waals surface area contributed by atoms with Gasteiger partial charge in [0.2, 0.25) is 0 Å². The molecule has 2 unspecified atom stereocenters. The fraction of sp³-hybridized carbons (Fsp3) is 0.556. The van der Waals surface area contributed by atoms with Crippen LogP contribution in [-0.4, -0.2) is 18.4 Å². The maximum Gasteiger partial charge on any atom is 0.307 e. The standard InChI is InChI=1S/C9H10O3/c1-9-4-8(11)12-7(9)3-2-6(9)5-10/h2,5,7H,3-4H2,1H3. The minimum atomic E-state index is -0.334. The second-order valence-corrected chi connectivity index (χ2v) is 3.59. The molecule has 3 nitrogen and oxygen atoms in total. The Morgan fingerprint density at radius 1 is 1.75 bits per heavy atom. The van der Waals surface area contributed by atoms with Gasteiger partial charge in [0.1, 0.15) is 12.4 Å². The van der Waals surface area contributed by atoms with Gasteiger partial charge in [-0.05, 0) is 5.57 Å². The SMILES string of the molecule is CC12CC(=O)OC1CC=C2C=O. The summed E-state index contributed by atoms with van der Waals surface area (Å²) in [6.07, 6.45) is 3.65. The number of carbonyl (C=O) groups is 2. The highest BCUT2D eigenvalue weighted by Crippen LogP contribution is 2.47. The van der Waals surface area contributed by atoms with Crippen molar-refractivity contribution in [2.75, 3.05) is 0 Å². The Bertz CT molecular complexity index is 279. The van der Waals surface area contributed by atoms with Crippen molar-refractivity contribution in [2.45, 2.75) is 25.9 Å². The third-order valence-electron chi connectivity index (χ3n) is 2.83. The predicted molar refractivity (Wildman–Crippen MR) is 41.4 cm³/mol.